The molecular weight excluding hydrogens is 697 g/mol. The molecule has 0 saturated carbocycles. The number of fused-ring (bicyclic) bond motifs is 13. The summed E-state index contributed by atoms with van der Waals surface area (Å²) in [5.74, 6) is 0.622. The first kappa shape index (κ1) is 30.6. The third-order valence-corrected chi connectivity index (χ3v) is 11.9. The quantitative estimate of drug-likeness (QED) is 0.182. The summed E-state index contributed by atoms with van der Waals surface area (Å²) in [6.07, 6.45) is 0. The molecule has 57 heavy (non-hydrogen) atoms. The Labute approximate surface area is 325 Å². The van der Waals surface area contributed by atoms with Crippen LogP contribution in [0.3, 0.4) is 0 Å². The Hall–Kier alpha value is -7.76. The second-order valence-corrected chi connectivity index (χ2v) is 15.0. The van der Waals surface area contributed by atoms with Gasteiger partial charge in [-0.25, -0.2) is 9.97 Å². The third kappa shape index (κ3) is 4.28. The number of furan rings is 1. The van der Waals surface area contributed by atoms with Crippen LogP contribution in [0.2, 0.25) is 0 Å². The van der Waals surface area contributed by atoms with Gasteiger partial charge in [-0.3, -0.25) is 4.57 Å². The highest BCUT2D eigenvalue weighted by Gasteiger charge is 2.21. The largest absolute Gasteiger partial charge is 0.455 e. The molecule has 0 radical (unpaired) electrons. The van der Waals surface area contributed by atoms with E-state index < -0.39 is 0 Å². The summed E-state index contributed by atoms with van der Waals surface area (Å²) in [5.41, 5.74) is 10.0. The molecule has 4 heterocycles. The van der Waals surface area contributed by atoms with Crippen molar-refractivity contribution in [1.82, 2.24) is 19.1 Å². The van der Waals surface area contributed by atoms with E-state index in [9.17, 15) is 0 Å². The second kappa shape index (κ2) is 11.4. The van der Waals surface area contributed by atoms with Crippen LogP contribution < -0.4 is 0 Å². The number of hydrogen-bond acceptors (Lipinski definition) is 3. The number of rotatable bonds is 3. The minimum absolute atomic E-state index is 0.622. The molecule has 264 valence electrons. The molecule has 0 fully saturated rings. The van der Waals surface area contributed by atoms with E-state index in [1.165, 1.54) is 38.0 Å². The summed E-state index contributed by atoms with van der Waals surface area (Å²) < 4.78 is 11.2. The molecule has 0 aliphatic carbocycles. The zero-order chi connectivity index (χ0) is 37.2. The minimum atomic E-state index is 0.622. The zero-order valence-corrected chi connectivity index (χ0v) is 30.5. The maximum absolute atomic E-state index is 6.54. The molecule has 13 rings (SSSR count). The molecule has 5 heteroatoms. The lowest BCUT2D eigenvalue weighted by atomic mass is 10.0. The van der Waals surface area contributed by atoms with Crippen molar-refractivity contribution in [2.45, 2.75) is 0 Å². The maximum Gasteiger partial charge on any atom is 0.235 e. The molecule has 13 aromatic rings. The smallest absolute Gasteiger partial charge is 0.235 e. The van der Waals surface area contributed by atoms with Gasteiger partial charge in [-0.15, -0.1) is 0 Å². The average Bonchev–Trinajstić information content (AvgIpc) is 3.93. The topological polar surface area (TPSA) is 48.8 Å². The van der Waals surface area contributed by atoms with Gasteiger partial charge in [0.25, 0.3) is 0 Å². The predicted octanol–water partition coefficient (Wildman–Crippen LogP) is 13.7. The van der Waals surface area contributed by atoms with E-state index in [4.69, 9.17) is 14.4 Å². The van der Waals surface area contributed by atoms with Crippen LogP contribution in [0.5, 0.6) is 0 Å². The lowest BCUT2D eigenvalue weighted by Crippen LogP contribution is -2.03. The fraction of sp³-hybridized carbons (Fsp3) is 0. The molecule has 4 aromatic heterocycles. The van der Waals surface area contributed by atoms with Crippen LogP contribution in [0.4, 0.5) is 0 Å². The van der Waals surface area contributed by atoms with Crippen LogP contribution in [0.1, 0.15) is 0 Å². The standard InChI is InChI=1S/C52H30N4O/c1-2-13-35-31(12-1)25-27-46-49(35)40-17-5-9-22-45(40)55(46)34-26-24-32-30-47-42(29-33(32)28-34)36-14-4-8-21-44(36)56(47)52-53-43-20-7-3-16-39(43)50(54-52)41-19-11-18-38-37-15-6-10-23-48(37)57-51(38)41/h1-30H. The van der Waals surface area contributed by atoms with Gasteiger partial charge in [-0.05, 0) is 82.2 Å². The van der Waals surface area contributed by atoms with E-state index in [2.05, 4.69) is 173 Å². The fourth-order valence-electron chi connectivity index (χ4n) is 9.38. The highest BCUT2D eigenvalue weighted by molar-refractivity contribution is 6.21. The zero-order valence-electron chi connectivity index (χ0n) is 30.5. The molecule has 0 saturated heterocycles. The van der Waals surface area contributed by atoms with Gasteiger partial charge in [-0.1, -0.05) is 121 Å². The maximum atomic E-state index is 6.54. The predicted molar refractivity (Wildman–Crippen MR) is 236 cm³/mol. The SMILES string of the molecule is c1ccc2c(c1)ccc1c2c2ccccc2n1-c1ccc2cc3c(cc2c1)c1ccccc1n3-c1nc(-c2cccc3c2oc2ccccc23)c2ccccc2n1. The minimum Gasteiger partial charge on any atom is -0.455 e. The molecule has 5 nitrogen and oxygen atoms in total. The van der Waals surface area contributed by atoms with Crippen molar-refractivity contribution < 1.29 is 4.42 Å². The first-order chi connectivity index (χ1) is 28.3. The molecule has 0 bridgehead atoms. The number of nitrogens with zero attached hydrogens (tertiary/aromatic N) is 4. The Balaban J connectivity index is 1.05. The molecule has 0 aliphatic rings. The Bertz CT molecular complexity index is 3830. The summed E-state index contributed by atoms with van der Waals surface area (Å²) in [6.45, 7) is 0. The van der Waals surface area contributed by atoms with Gasteiger partial charge in [0.05, 0.1) is 33.3 Å². The summed E-state index contributed by atoms with van der Waals surface area (Å²) in [7, 11) is 0. The van der Waals surface area contributed by atoms with E-state index in [0.29, 0.717) is 5.95 Å². The first-order valence-electron chi connectivity index (χ1n) is 19.3. The number of benzene rings is 9. The number of hydrogen-bond donors (Lipinski definition) is 0. The molecule has 0 unspecified atom stereocenters. The van der Waals surface area contributed by atoms with Crippen molar-refractivity contribution in [3.05, 3.63) is 182 Å². The Morgan fingerprint density at radius 1 is 0.386 bits per heavy atom. The monoisotopic (exact) mass is 726 g/mol. The molecule has 9 aromatic carbocycles. The van der Waals surface area contributed by atoms with Crippen LogP contribution in [0, 0.1) is 0 Å². The fourth-order valence-corrected chi connectivity index (χ4v) is 9.38. The molecule has 0 spiro atoms. The van der Waals surface area contributed by atoms with Gasteiger partial charge >= 0.3 is 0 Å². The molecule has 0 N–H and O–H groups in total. The van der Waals surface area contributed by atoms with Crippen molar-refractivity contribution in [3.8, 4) is 22.9 Å². The molecule has 0 atom stereocenters. The lowest BCUT2D eigenvalue weighted by molar-refractivity contribution is 0.670. The third-order valence-electron chi connectivity index (χ3n) is 11.9. The van der Waals surface area contributed by atoms with Crippen LogP contribution in [0.25, 0.3) is 121 Å². The summed E-state index contributed by atoms with van der Waals surface area (Å²) in [4.78, 5) is 10.7. The van der Waals surface area contributed by atoms with Gasteiger partial charge in [0.2, 0.25) is 5.95 Å². The Morgan fingerprint density at radius 3 is 1.98 bits per heavy atom. The summed E-state index contributed by atoms with van der Waals surface area (Å²) >= 11 is 0. The van der Waals surface area contributed by atoms with Crippen LogP contribution >= 0.6 is 0 Å². The van der Waals surface area contributed by atoms with Crippen molar-refractivity contribution in [1.29, 1.82) is 0 Å². The highest BCUT2D eigenvalue weighted by atomic mass is 16.3. The van der Waals surface area contributed by atoms with E-state index in [1.807, 2.05) is 18.2 Å². The highest BCUT2D eigenvalue weighted by Crippen LogP contribution is 2.41. The van der Waals surface area contributed by atoms with Gasteiger partial charge in [-0.2, -0.15) is 0 Å². The molecule has 0 aliphatic heterocycles. The second-order valence-electron chi connectivity index (χ2n) is 15.0. The summed E-state index contributed by atoms with van der Waals surface area (Å²) in [5, 5.41) is 12.8. The van der Waals surface area contributed by atoms with Crippen molar-refractivity contribution in [3.63, 3.8) is 0 Å². The Kier molecular flexibility index (Phi) is 6.10. The molecular formula is C52H30N4O. The number of aromatic nitrogens is 4. The Morgan fingerprint density at radius 2 is 1.09 bits per heavy atom. The van der Waals surface area contributed by atoms with Crippen molar-refractivity contribution >= 4 is 98.0 Å². The van der Waals surface area contributed by atoms with Gasteiger partial charge in [0.1, 0.15) is 11.2 Å². The van der Waals surface area contributed by atoms with Crippen molar-refractivity contribution in [2.24, 2.45) is 0 Å². The van der Waals surface area contributed by atoms with Gasteiger partial charge in [0.15, 0.2) is 0 Å². The van der Waals surface area contributed by atoms with E-state index >= 15 is 0 Å². The first-order valence-corrected chi connectivity index (χ1v) is 19.3. The van der Waals surface area contributed by atoms with Gasteiger partial charge < -0.3 is 8.98 Å². The van der Waals surface area contributed by atoms with E-state index in [0.717, 1.165) is 77.0 Å². The lowest BCUT2D eigenvalue weighted by Gasteiger charge is -2.13. The normalized spacial score (nSPS) is 12.2. The van der Waals surface area contributed by atoms with E-state index in [1.54, 1.807) is 0 Å². The average molecular weight is 727 g/mol. The molecule has 0 amide bonds. The van der Waals surface area contributed by atoms with Crippen LogP contribution in [-0.4, -0.2) is 19.1 Å². The van der Waals surface area contributed by atoms with Crippen LogP contribution in [0.15, 0.2) is 186 Å². The summed E-state index contributed by atoms with van der Waals surface area (Å²) in [6, 6.07) is 64.8. The van der Waals surface area contributed by atoms with E-state index in [-0.39, 0.29) is 0 Å². The number of para-hydroxylation sites is 5. The van der Waals surface area contributed by atoms with Crippen molar-refractivity contribution in [2.75, 3.05) is 0 Å². The van der Waals surface area contributed by atoms with Crippen LogP contribution in [-0.2, 0) is 0 Å². The van der Waals surface area contributed by atoms with Gasteiger partial charge in [0, 0.05) is 49.0 Å².